The van der Waals surface area contributed by atoms with Crippen LogP contribution in [0, 0.1) is 6.92 Å². The maximum atomic E-state index is 10.6. The molecule has 0 aliphatic rings. The number of aromatic nitrogens is 1. The van der Waals surface area contributed by atoms with Crippen molar-refractivity contribution in [1.82, 2.24) is 4.98 Å². The molecule has 0 saturated carbocycles. The summed E-state index contributed by atoms with van der Waals surface area (Å²) < 4.78 is 0. The van der Waals surface area contributed by atoms with Crippen LogP contribution in [0.4, 0.5) is 5.82 Å². The Morgan fingerprint density at radius 2 is 2.18 bits per heavy atom. The molecule has 0 spiro atoms. The molecule has 0 aliphatic heterocycles. The fraction of sp³-hybridized carbons (Fsp3) is 0.143. The van der Waals surface area contributed by atoms with Crippen molar-refractivity contribution >= 4 is 12.1 Å². The number of anilines is 1. The average molecular weight is 226 g/mol. The number of nitrogens with zero attached hydrogens (tertiary/aromatic N) is 1. The second-order valence-corrected chi connectivity index (χ2v) is 3.93. The van der Waals surface area contributed by atoms with E-state index in [2.05, 4.69) is 35.4 Å². The topological polar surface area (TPSA) is 42.0 Å². The van der Waals surface area contributed by atoms with Crippen molar-refractivity contribution in [3.63, 3.8) is 0 Å². The second kappa shape index (κ2) is 5.25. The molecule has 0 bridgehead atoms. The van der Waals surface area contributed by atoms with Gasteiger partial charge in [-0.05, 0) is 24.6 Å². The van der Waals surface area contributed by atoms with Gasteiger partial charge in [-0.15, -0.1) is 0 Å². The van der Waals surface area contributed by atoms with E-state index < -0.39 is 0 Å². The molecule has 1 aromatic carbocycles. The molecule has 3 nitrogen and oxygen atoms in total. The molecule has 3 heteroatoms. The van der Waals surface area contributed by atoms with Crippen LogP contribution < -0.4 is 5.32 Å². The van der Waals surface area contributed by atoms with Gasteiger partial charge in [0.05, 0.1) is 0 Å². The number of rotatable bonds is 4. The summed E-state index contributed by atoms with van der Waals surface area (Å²) in [6.45, 7) is 2.77. The minimum Gasteiger partial charge on any atom is -0.366 e. The lowest BCUT2D eigenvalue weighted by atomic mass is 10.1. The molecule has 0 atom stereocenters. The fourth-order valence-corrected chi connectivity index (χ4v) is 1.63. The van der Waals surface area contributed by atoms with Crippen molar-refractivity contribution < 1.29 is 4.79 Å². The Kier molecular flexibility index (Phi) is 3.50. The fourth-order valence-electron chi connectivity index (χ4n) is 1.63. The first-order chi connectivity index (χ1) is 8.28. The molecule has 1 N–H and O–H groups in total. The molecule has 0 fully saturated rings. The van der Waals surface area contributed by atoms with E-state index in [-0.39, 0.29) is 0 Å². The molecule has 86 valence electrons. The van der Waals surface area contributed by atoms with E-state index in [0.717, 1.165) is 12.1 Å². The van der Waals surface area contributed by atoms with Crippen LogP contribution in [0.25, 0.3) is 0 Å². The van der Waals surface area contributed by atoms with Gasteiger partial charge in [-0.2, -0.15) is 0 Å². The van der Waals surface area contributed by atoms with Gasteiger partial charge in [0.25, 0.3) is 0 Å². The summed E-state index contributed by atoms with van der Waals surface area (Å²) in [5.74, 6) is 0.719. The summed E-state index contributed by atoms with van der Waals surface area (Å²) in [4.78, 5) is 14.8. The molecule has 0 unspecified atom stereocenters. The highest BCUT2D eigenvalue weighted by Crippen LogP contribution is 2.09. The molecule has 2 rings (SSSR count). The summed E-state index contributed by atoms with van der Waals surface area (Å²) >= 11 is 0. The lowest BCUT2D eigenvalue weighted by molar-refractivity contribution is 0.112. The molecule has 1 aromatic heterocycles. The van der Waals surface area contributed by atoms with E-state index in [1.165, 1.54) is 11.1 Å². The minimum absolute atomic E-state index is 0.631. The number of carbonyl (C=O) groups excluding carboxylic acids is 1. The number of aldehydes is 1. The average Bonchev–Trinajstić information content (AvgIpc) is 2.37. The Morgan fingerprint density at radius 1 is 1.29 bits per heavy atom. The molecule has 17 heavy (non-hydrogen) atoms. The molecule has 1 heterocycles. The van der Waals surface area contributed by atoms with Gasteiger partial charge in [0.1, 0.15) is 12.1 Å². The van der Waals surface area contributed by atoms with Crippen LogP contribution in [0.3, 0.4) is 0 Å². The van der Waals surface area contributed by atoms with E-state index in [1.54, 1.807) is 18.3 Å². The lowest BCUT2D eigenvalue weighted by Gasteiger charge is -2.06. The third-order valence-corrected chi connectivity index (χ3v) is 2.48. The van der Waals surface area contributed by atoms with Crippen LogP contribution in [0.15, 0.2) is 42.6 Å². The number of carbonyl (C=O) groups is 1. The van der Waals surface area contributed by atoms with Crippen LogP contribution in [0.1, 0.15) is 21.5 Å². The number of aryl methyl sites for hydroxylation is 1. The number of nitrogens with one attached hydrogen (secondary N) is 1. The van der Waals surface area contributed by atoms with Gasteiger partial charge >= 0.3 is 0 Å². The quantitative estimate of drug-likeness (QED) is 0.815. The Morgan fingerprint density at radius 3 is 2.94 bits per heavy atom. The zero-order valence-corrected chi connectivity index (χ0v) is 9.68. The molecular weight excluding hydrogens is 212 g/mol. The first-order valence-corrected chi connectivity index (χ1v) is 5.48. The van der Waals surface area contributed by atoms with Crippen LogP contribution >= 0.6 is 0 Å². The van der Waals surface area contributed by atoms with E-state index in [1.807, 2.05) is 6.07 Å². The molecule has 0 amide bonds. The monoisotopic (exact) mass is 226 g/mol. The molecule has 2 aromatic rings. The molecule has 0 aliphatic carbocycles. The van der Waals surface area contributed by atoms with Crippen molar-refractivity contribution in [2.24, 2.45) is 0 Å². The van der Waals surface area contributed by atoms with Gasteiger partial charge in [-0.1, -0.05) is 29.8 Å². The Hall–Kier alpha value is -2.16. The zero-order valence-electron chi connectivity index (χ0n) is 9.68. The lowest BCUT2D eigenvalue weighted by Crippen LogP contribution is -2.01. The maximum absolute atomic E-state index is 10.6. The van der Waals surface area contributed by atoms with Crippen LogP contribution in [0.5, 0.6) is 0 Å². The maximum Gasteiger partial charge on any atom is 0.150 e. The van der Waals surface area contributed by atoms with Crippen molar-refractivity contribution in [2.75, 3.05) is 5.32 Å². The predicted octanol–water partition coefficient (Wildman–Crippen LogP) is 2.81. The Bertz CT molecular complexity index is 523. The van der Waals surface area contributed by atoms with E-state index in [9.17, 15) is 4.79 Å². The van der Waals surface area contributed by atoms with Gasteiger partial charge in [0.2, 0.25) is 0 Å². The highest BCUT2D eigenvalue weighted by atomic mass is 16.1. The first-order valence-electron chi connectivity index (χ1n) is 5.48. The standard InChI is InChI=1S/C14H14N2O/c1-11-3-2-4-12(7-11)9-16-14-8-13(10-17)5-6-15-14/h2-8,10H,9H2,1H3,(H,15,16). The third kappa shape index (κ3) is 3.14. The second-order valence-electron chi connectivity index (χ2n) is 3.93. The van der Waals surface area contributed by atoms with E-state index >= 15 is 0 Å². The largest absolute Gasteiger partial charge is 0.366 e. The van der Waals surface area contributed by atoms with Gasteiger partial charge in [0.15, 0.2) is 0 Å². The number of hydrogen-bond acceptors (Lipinski definition) is 3. The highest BCUT2D eigenvalue weighted by Gasteiger charge is 1.97. The van der Waals surface area contributed by atoms with Gasteiger partial charge < -0.3 is 5.32 Å². The minimum atomic E-state index is 0.631. The molecular formula is C14H14N2O. The summed E-state index contributed by atoms with van der Waals surface area (Å²) in [7, 11) is 0. The summed E-state index contributed by atoms with van der Waals surface area (Å²) in [6, 6.07) is 11.7. The Labute approximate surface area is 101 Å². The summed E-state index contributed by atoms with van der Waals surface area (Å²) in [5, 5.41) is 3.19. The first kappa shape index (κ1) is 11.3. The smallest absolute Gasteiger partial charge is 0.150 e. The normalized spacial score (nSPS) is 9.94. The third-order valence-electron chi connectivity index (χ3n) is 2.48. The van der Waals surface area contributed by atoms with Crippen molar-refractivity contribution in [1.29, 1.82) is 0 Å². The van der Waals surface area contributed by atoms with E-state index in [4.69, 9.17) is 0 Å². The predicted molar refractivity (Wildman–Crippen MR) is 68.1 cm³/mol. The summed E-state index contributed by atoms with van der Waals surface area (Å²) in [5.41, 5.74) is 3.06. The molecule has 0 saturated heterocycles. The summed E-state index contributed by atoms with van der Waals surface area (Å²) in [6.07, 6.45) is 2.45. The molecule has 0 radical (unpaired) electrons. The van der Waals surface area contributed by atoms with Crippen molar-refractivity contribution in [3.05, 3.63) is 59.3 Å². The van der Waals surface area contributed by atoms with Crippen LogP contribution in [-0.2, 0) is 6.54 Å². The Balaban J connectivity index is 2.04. The van der Waals surface area contributed by atoms with Crippen LogP contribution in [0.2, 0.25) is 0 Å². The number of benzene rings is 1. The van der Waals surface area contributed by atoms with Gasteiger partial charge in [-0.25, -0.2) is 4.98 Å². The van der Waals surface area contributed by atoms with Gasteiger partial charge in [0, 0.05) is 18.3 Å². The number of hydrogen-bond donors (Lipinski definition) is 1. The zero-order chi connectivity index (χ0) is 12.1. The van der Waals surface area contributed by atoms with Crippen molar-refractivity contribution in [2.45, 2.75) is 13.5 Å². The highest BCUT2D eigenvalue weighted by molar-refractivity contribution is 5.75. The van der Waals surface area contributed by atoms with E-state index in [0.29, 0.717) is 12.1 Å². The SMILES string of the molecule is Cc1cccc(CNc2cc(C=O)ccn2)c1. The van der Waals surface area contributed by atoms with Crippen LogP contribution in [-0.4, -0.2) is 11.3 Å². The van der Waals surface area contributed by atoms with Gasteiger partial charge in [-0.3, -0.25) is 4.79 Å². The number of pyridine rings is 1. The van der Waals surface area contributed by atoms with Crippen molar-refractivity contribution in [3.8, 4) is 0 Å².